The van der Waals surface area contributed by atoms with Crippen molar-refractivity contribution in [3.63, 3.8) is 0 Å². The minimum atomic E-state index is 0. The fourth-order valence-corrected chi connectivity index (χ4v) is 1.94. The van der Waals surface area contributed by atoms with Crippen molar-refractivity contribution in [3.05, 3.63) is 35.9 Å². The summed E-state index contributed by atoms with van der Waals surface area (Å²) >= 11 is 0. The van der Waals surface area contributed by atoms with Gasteiger partial charge in [0.1, 0.15) is 6.54 Å². The van der Waals surface area contributed by atoms with Crippen molar-refractivity contribution in [1.29, 1.82) is 0 Å². The third-order valence-electron chi connectivity index (χ3n) is 3.21. The van der Waals surface area contributed by atoms with Crippen LogP contribution in [0.5, 0.6) is 0 Å². The van der Waals surface area contributed by atoms with Crippen molar-refractivity contribution in [2.45, 2.75) is 27.3 Å². The van der Waals surface area contributed by atoms with Crippen LogP contribution in [0.2, 0.25) is 0 Å². The summed E-state index contributed by atoms with van der Waals surface area (Å²) in [6, 6.07) is 10.2. The first-order chi connectivity index (χ1) is 7.14. The molecule has 16 heavy (non-hydrogen) atoms. The monoisotopic (exact) mass is 285 g/mol. The Morgan fingerprint density at radius 3 is 2.00 bits per heavy atom. The van der Waals surface area contributed by atoms with Gasteiger partial charge in [-0.3, -0.25) is 4.48 Å². The Morgan fingerprint density at radius 2 is 1.62 bits per heavy atom. The number of carbonyl (C=O) groups excluding carboxylic acids is 1. The van der Waals surface area contributed by atoms with Gasteiger partial charge in [-0.1, -0.05) is 30.3 Å². The molecule has 0 heterocycles. The van der Waals surface area contributed by atoms with E-state index in [0.29, 0.717) is 4.48 Å². The SMILES string of the molecule is CC[N+](CC)(Cc1ccccc1)C(C)=O.[Br-]. The predicted molar refractivity (Wildman–Crippen MR) is 62.2 cm³/mol. The lowest BCUT2D eigenvalue weighted by molar-refractivity contribution is -0.863. The highest BCUT2D eigenvalue weighted by molar-refractivity contribution is 5.65. The van der Waals surface area contributed by atoms with Crippen molar-refractivity contribution in [3.8, 4) is 0 Å². The second-order valence-corrected chi connectivity index (χ2v) is 3.94. The molecule has 1 aromatic carbocycles. The molecule has 0 aromatic heterocycles. The highest BCUT2D eigenvalue weighted by atomic mass is 79.9. The van der Waals surface area contributed by atoms with E-state index >= 15 is 0 Å². The van der Waals surface area contributed by atoms with E-state index in [4.69, 9.17) is 0 Å². The van der Waals surface area contributed by atoms with Crippen LogP contribution in [-0.4, -0.2) is 23.5 Å². The van der Waals surface area contributed by atoms with Crippen LogP contribution in [0.3, 0.4) is 0 Å². The second-order valence-electron chi connectivity index (χ2n) is 3.94. The van der Waals surface area contributed by atoms with Gasteiger partial charge in [0.25, 0.3) is 0 Å². The Balaban J connectivity index is 0.00000225. The first-order valence-electron chi connectivity index (χ1n) is 5.55. The van der Waals surface area contributed by atoms with E-state index in [-0.39, 0.29) is 22.9 Å². The van der Waals surface area contributed by atoms with Gasteiger partial charge in [-0.15, -0.1) is 0 Å². The molecular formula is C13H20BrNO. The topological polar surface area (TPSA) is 17.1 Å². The van der Waals surface area contributed by atoms with Gasteiger partial charge in [-0.25, -0.2) is 4.79 Å². The van der Waals surface area contributed by atoms with Crippen LogP contribution in [0.4, 0.5) is 0 Å². The fourth-order valence-electron chi connectivity index (χ4n) is 1.94. The third kappa shape index (κ3) is 3.42. The predicted octanol–water partition coefficient (Wildman–Crippen LogP) is -0.406. The Bertz CT molecular complexity index is 320. The molecule has 0 saturated carbocycles. The van der Waals surface area contributed by atoms with Gasteiger partial charge in [-0.2, -0.15) is 0 Å². The summed E-state index contributed by atoms with van der Waals surface area (Å²) in [4.78, 5) is 11.7. The zero-order chi connectivity index (χ0) is 11.3. The Kier molecular flexibility index (Phi) is 6.53. The molecule has 0 bridgehead atoms. The lowest BCUT2D eigenvalue weighted by Crippen LogP contribution is -3.00. The van der Waals surface area contributed by atoms with Crippen LogP contribution in [-0.2, 0) is 11.3 Å². The van der Waals surface area contributed by atoms with Crippen LogP contribution in [0, 0.1) is 0 Å². The van der Waals surface area contributed by atoms with Crippen LogP contribution < -0.4 is 17.0 Å². The minimum Gasteiger partial charge on any atom is -1.00 e. The average molecular weight is 286 g/mol. The molecule has 0 aliphatic rings. The van der Waals surface area contributed by atoms with E-state index < -0.39 is 0 Å². The molecule has 1 rings (SSSR count). The highest BCUT2D eigenvalue weighted by Gasteiger charge is 2.29. The zero-order valence-corrected chi connectivity index (χ0v) is 11.8. The van der Waals surface area contributed by atoms with Crippen molar-refractivity contribution >= 4 is 5.91 Å². The number of amides is 1. The van der Waals surface area contributed by atoms with Gasteiger partial charge >= 0.3 is 5.91 Å². The maximum Gasteiger partial charge on any atom is 0.310 e. The van der Waals surface area contributed by atoms with Crippen molar-refractivity contribution < 1.29 is 26.3 Å². The second kappa shape index (κ2) is 6.81. The molecule has 3 heteroatoms. The van der Waals surface area contributed by atoms with Crippen LogP contribution in [0.1, 0.15) is 26.3 Å². The van der Waals surface area contributed by atoms with Crippen molar-refractivity contribution in [1.82, 2.24) is 0 Å². The minimum absolute atomic E-state index is 0. The van der Waals surface area contributed by atoms with Gasteiger partial charge < -0.3 is 17.0 Å². The number of nitrogens with zero attached hydrogens (tertiary/aromatic N) is 1. The molecule has 0 unspecified atom stereocenters. The number of rotatable bonds is 4. The summed E-state index contributed by atoms with van der Waals surface area (Å²) in [6.45, 7) is 8.38. The summed E-state index contributed by atoms with van der Waals surface area (Å²) in [7, 11) is 0. The molecule has 2 nitrogen and oxygen atoms in total. The molecule has 0 aliphatic heterocycles. The van der Waals surface area contributed by atoms with E-state index in [0.717, 1.165) is 19.6 Å². The number of hydrogen-bond donors (Lipinski definition) is 0. The molecule has 0 saturated heterocycles. The maximum absolute atomic E-state index is 11.7. The normalized spacial score (nSPS) is 10.7. The first kappa shape index (κ1) is 15.3. The maximum atomic E-state index is 11.7. The number of hydrogen-bond acceptors (Lipinski definition) is 1. The fraction of sp³-hybridized carbons (Fsp3) is 0.462. The summed E-state index contributed by atoms with van der Waals surface area (Å²) in [5.74, 6) is 0.254. The third-order valence-corrected chi connectivity index (χ3v) is 3.21. The smallest absolute Gasteiger partial charge is 0.310 e. The lowest BCUT2D eigenvalue weighted by atomic mass is 10.1. The first-order valence-corrected chi connectivity index (χ1v) is 5.55. The summed E-state index contributed by atoms with van der Waals surface area (Å²) < 4.78 is 0.546. The Morgan fingerprint density at radius 1 is 1.12 bits per heavy atom. The number of quaternary nitrogens is 1. The van der Waals surface area contributed by atoms with Gasteiger partial charge in [0.15, 0.2) is 0 Å². The van der Waals surface area contributed by atoms with Gasteiger partial charge in [0.2, 0.25) is 0 Å². The van der Waals surface area contributed by atoms with Gasteiger partial charge in [0, 0.05) is 5.56 Å². The van der Waals surface area contributed by atoms with Crippen molar-refractivity contribution in [2.75, 3.05) is 13.1 Å². The number of carbonyl (C=O) groups is 1. The van der Waals surface area contributed by atoms with E-state index in [2.05, 4.69) is 26.0 Å². The summed E-state index contributed by atoms with van der Waals surface area (Å²) in [5, 5.41) is 0. The Labute approximate surface area is 109 Å². The molecule has 0 atom stereocenters. The molecule has 0 aliphatic carbocycles. The number of benzene rings is 1. The van der Waals surface area contributed by atoms with Crippen LogP contribution in [0.25, 0.3) is 0 Å². The number of halogens is 1. The molecule has 0 N–H and O–H groups in total. The molecule has 0 fully saturated rings. The van der Waals surface area contributed by atoms with E-state index in [1.807, 2.05) is 18.2 Å². The lowest BCUT2D eigenvalue weighted by Gasteiger charge is -2.32. The standard InChI is InChI=1S/C13H20NO.BrH/c1-4-14(5-2,12(3)15)11-13-9-7-6-8-10-13;/h6-10H,4-5,11H2,1-3H3;1H/q+1;/p-1. The molecule has 1 aromatic rings. The quantitative estimate of drug-likeness (QED) is 0.688. The zero-order valence-electron chi connectivity index (χ0n) is 10.2. The van der Waals surface area contributed by atoms with Gasteiger partial charge in [-0.05, 0) is 13.8 Å². The van der Waals surface area contributed by atoms with Crippen LogP contribution in [0.15, 0.2) is 30.3 Å². The molecule has 1 amide bonds. The van der Waals surface area contributed by atoms with E-state index in [1.54, 1.807) is 6.92 Å². The molecule has 0 spiro atoms. The van der Waals surface area contributed by atoms with E-state index in [1.165, 1.54) is 5.56 Å². The summed E-state index contributed by atoms with van der Waals surface area (Å²) in [6.07, 6.45) is 0. The summed E-state index contributed by atoms with van der Waals surface area (Å²) in [5.41, 5.74) is 1.23. The average Bonchev–Trinajstić information content (AvgIpc) is 2.27. The Hall–Kier alpha value is -0.670. The molecular weight excluding hydrogens is 266 g/mol. The highest BCUT2D eigenvalue weighted by Crippen LogP contribution is 2.14. The van der Waals surface area contributed by atoms with Crippen molar-refractivity contribution in [2.24, 2.45) is 0 Å². The molecule has 0 radical (unpaired) electrons. The van der Waals surface area contributed by atoms with Gasteiger partial charge in [0.05, 0.1) is 20.0 Å². The van der Waals surface area contributed by atoms with E-state index in [9.17, 15) is 4.79 Å². The van der Waals surface area contributed by atoms with Crippen LogP contribution >= 0.6 is 0 Å². The largest absolute Gasteiger partial charge is 1.00 e. The molecule has 90 valence electrons.